The lowest BCUT2D eigenvalue weighted by Crippen LogP contribution is -2.28. The van der Waals surface area contributed by atoms with Gasteiger partial charge < -0.3 is 4.74 Å². The van der Waals surface area contributed by atoms with Crippen molar-refractivity contribution in [3.63, 3.8) is 0 Å². The number of hydrogen-bond acceptors (Lipinski definition) is 4. The SMILES string of the molecule is COc1ccc(-n2ncc([C@H](C)NS(=O)(=O)c3cc(F)ccc3C)c2C)cc1. The highest BCUT2D eigenvalue weighted by molar-refractivity contribution is 7.89. The number of rotatable bonds is 6. The molecule has 0 aliphatic heterocycles. The molecule has 1 heterocycles. The Morgan fingerprint density at radius 2 is 1.82 bits per heavy atom. The number of aryl methyl sites for hydroxylation is 1. The number of ether oxygens (including phenoxy) is 1. The van der Waals surface area contributed by atoms with Gasteiger partial charge in [-0.15, -0.1) is 0 Å². The zero-order chi connectivity index (χ0) is 20.5. The Hall–Kier alpha value is -2.71. The monoisotopic (exact) mass is 403 g/mol. The quantitative estimate of drug-likeness (QED) is 0.681. The average Bonchev–Trinajstić information content (AvgIpc) is 3.05. The molecule has 0 aliphatic carbocycles. The molecule has 1 atom stereocenters. The second-order valence-electron chi connectivity index (χ2n) is 6.55. The Morgan fingerprint density at radius 3 is 2.46 bits per heavy atom. The van der Waals surface area contributed by atoms with Gasteiger partial charge in [0, 0.05) is 17.3 Å². The topological polar surface area (TPSA) is 73.2 Å². The van der Waals surface area contributed by atoms with Crippen LogP contribution in [0.2, 0.25) is 0 Å². The van der Waals surface area contributed by atoms with Gasteiger partial charge in [0.1, 0.15) is 11.6 Å². The third-order valence-electron chi connectivity index (χ3n) is 4.60. The Bertz CT molecular complexity index is 1090. The highest BCUT2D eigenvalue weighted by atomic mass is 32.2. The molecular weight excluding hydrogens is 381 g/mol. The van der Waals surface area contributed by atoms with Gasteiger partial charge in [-0.25, -0.2) is 22.2 Å². The van der Waals surface area contributed by atoms with Gasteiger partial charge in [-0.05, 0) is 62.7 Å². The highest BCUT2D eigenvalue weighted by Gasteiger charge is 2.23. The summed E-state index contributed by atoms with van der Waals surface area (Å²) in [6.45, 7) is 5.23. The third-order valence-corrected chi connectivity index (χ3v) is 6.29. The van der Waals surface area contributed by atoms with Gasteiger partial charge in [0.15, 0.2) is 0 Å². The highest BCUT2D eigenvalue weighted by Crippen LogP contribution is 2.24. The number of hydrogen-bond donors (Lipinski definition) is 1. The number of methoxy groups -OCH3 is 1. The van der Waals surface area contributed by atoms with E-state index in [-0.39, 0.29) is 4.90 Å². The number of aromatic nitrogens is 2. The second-order valence-corrected chi connectivity index (χ2v) is 8.23. The van der Waals surface area contributed by atoms with E-state index in [0.29, 0.717) is 5.56 Å². The Morgan fingerprint density at radius 1 is 1.14 bits per heavy atom. The van der Waals surface area contributed by atoms with Gasteiger partial charge in [-0.3, -0.25) is 0 Å². The van der Waals surface area contributed by atoms with Gasteiger partial charge in [0.05, 0.1) is 23.9 Å². The van der Waals surface area contributed by atoms with E-state index < -0.39 is 21.9 Å². The molecule has 0 saturated heterocycles. The summed E-state index contributed by atoms with van der Waals surface area (Å²) in [6.07, 6.45) is 1.63. The molecule has 148 valence electrons. The van der Waals surface area contributed by atoms with Gasteiger partial charge in [-0.1, -0.05) is 6.07 Å². The molecule has 6 nitrogen and oxygen atoms in total. The van der Waals surface area contributed by atoms with Crippen LogP contribution in [0, 0.1) is 19.7 Å². The standard InChI is InChI=1S/C20H22FN3O3S/c1-13-5-6-16(21)11-20(13)28(25,26)23-14(2)19-12-22-24(15(19)3)17-7-9-18(27-4)10-8-17/h5-12,14,23H,1-4H3/t14-/m0/s1. The van der Waals surface area contributed by atoms with E-state index >= 15 is 0 Å². The summed E-state index contributed by atoms with van der Waals surface area (Å²) in [5, 5.41) is 4.38. The summed E-state index contributed by atoms with van der Waals surface area (Å²) in [5.41, 5.74) is 2.84. The van der Waals surface area contributed by atoms with Crippen molar-refractivity contribution in [1.82, 2.24) is 14.5 Å². The van der Waals surface area contributed by atoms with Crippen LogP contribution in [-0.2, 0) is 10.0 Å². The van der Waals surface area contributed by atoms with Crippen molar-refractivity contribution in [2.75, 3.05) is 7.11 Å². The zero-order valence-electron chi connectivity index (χ0n) is 16.1. The zero-order valence-corrected chi connectivity index (χ0v) is 16.9. The summed E-state index contributed by atoms with van der Waals surface area (Å²) < 4.78 is 48.5. The van der Waals surface area contributed by atoms with E-state index in [1.165, 1.54) is 12.1 Å². The third kappa shape index (κ3) is 3.93. The first-order chi connectivity index (χ1) is 13.2. The van der Waals surface area contributed by atoms with Gasteiger partial charge in [-0.2, -0.15) is 5.10 Å². The molecule has 3 aromatic rings. The number of benzene rings is 2. The maximum atomic E-state index is 13.5. The Balaban J connectivity index is 1.88. The van der Waals surface area contributed by atoms with Crippen molar-refractivity contribution in [2.24, 2.45) is 0 Å². The first-order valence-electron chi connectivity index (χ1n) is 8.70. The molecule has 3 rings (SSSR count). The maximum absolute atomic E-state index is 13.5. The van der Waals surface area contributed by atoms with Crippen LogP contribution in [0.15, 0.2) is 53.6 Å². The van der Waals surface area contributed by atoms with Crippen molar-refractivity contribution >= 4 is 10.0 Å². The van der Waals surface area contributed by atoms with Crippen LogP contribution in [0.1, 0.15) is 29.8 Å². The lowest BCUT2D eigenvalue weighted by Gasteiger charge is -2.16. The first kappa shape index (κ1) is 20.0. The van der Waals surface area contributed by atoms with Crippen molar-refractivity contribution in [3.05, 3.63) is 71.3 Å². The molecule has 1 aromatic heterocycles. The fourth-order valence-corrected chi connectivity index (χ4v) is 4.53. The van der Waals surface area contributed by atoms with E-state index in [0.717, 1.165) is 28.8 Å². The molecule has 0 bridgehead atoms. The van der Waals surface area contributed by atoms with Crippen molar-refractivity contribution in [2.45, 2.75) is 31.7 Å². The van der Waals surface area contributed by atoms with Crippen molar-refractivity contribution in [3.8, 4) is 11.4 Å². The van der Waals surface area contributed by atoms with E-state index in [1.807, 2.05) is 31.2 Å². The maximum Gasteiger partial charge on any atom is 0.241 e. The van der Waals surface area contributed by atoms with Crippen LogP contribution in [0.3, 0.4) is 0 Å². The Labute approximate surface area is 164 Å². The molecule has 0 aliphatic rings. The summed E-state index contributed by atoms with van der Waals surface area (Å²) in [5.74, 6) is 0.141. The van der Waals surface area contributed by atoms with Gasteiger partial charge in [0.2, 0.25) is 10.0 Å². The summed E-state index contributed by atoms with van der Waals surface area (Å²) >= 11 is 0. The fraction of sp³-hybridized carbons (Fsp3) is 0.250. The first-order valence-corrected chi connectivity index (χ1v) is 10.2. The van der Waals surface area contributed by atoms with Crippen molar-refractivity contribution < 1.29 is 17.5 Å². The number of sulfonamides is 1. The molecular formula is C20H22FN3O3S. The van der Waals surface area contributed by atoms with Gasteiger partial charge in [0.25, 0.3) is 0 Å². The van der Waals surface area contributed by atoms with E-state index in [1.54, 1.807) is 31.8 Å². The number of nitrogens with zero attached hydrogens (tertiary/aromatic N) is 2. The molecule has 1 N–H and O–H groups in total. The smallest absolute Gasteiger partial charge is 0.241 e. The molecule has 0 fully saturated rings. The van der Waals surface area contributed by atoms with E-state index in [2.05, 4.69) is 9.82 Å². The summed E-state index contributed by atoms with van der Waals surface area (Å²) in [4.78, 5) is -0.0699. The minimum Gasteiger partial charge on any atom is -0.497 e. The number of nitrogens with one attached hydrogen (secondary N) is 1. The average molecular weight is 403 g/mol. The van der Waals surface area contributed by atoms with Crippen LogP contribution in [-0.4, -0.2) is 25.3 Å². The lowest BCUT2D eigenvalue weighted by atomic mass is 10.1. The van der Waals surface area contributed by atoms with Crippen molar-refractivity contribution in [1.29, 1.82) is 0 Å². The van der Waals surface area contributed by atoms with Gasteiger partial charge >= 0.3 is 0 Å². The molecule has 8 heteroatoms. The summed E-state index contributed by atoms with van der Waals surface area (Å²) in [6, 6.07) is 10.6. The normalized spacial score (nSPS) is 12.8. The lowest BCUT2D eigenvalue weighted by molar-refractivity contribution is 0.414. The van der Waals surface area contributed by atoms with Crippen LogP contribution in [0.5, 0.6) is 5.75 Å². The van der Waals surface area contributed by atoms with E-state index in [9.17, 15) is 12.8 Å². The van der Waals surface area contributed by atoms with Crippen LogP contribution in [0.25, 0.3) is 5.69 Å². The Kier molecular flexibility index (Phi) is 5.53. The largest absolute Gasteiger partial charge is 0.497 e. The molecule has 0 spiro atoms. The minimum atomic E-state index is -3.89. The van der Waals surface area contributed by atoms with Crippen LogP contribution < -0.4 is 9.46 Å². The summed E-state index contributed by atoms with van der Waals surface area (Å²) in [7, 11) is -2.29. The molecule has 0 radical (unpaired) electrons. The minimum absolute atomic E-state index is 0.0699. The molecule has 2 aromatic carbocycles. The molecule has 0 saturated carbocycles. The second kappa shape index (κ2) is 7.73. The molecule has 0 unspecified atom stereocenters. The molecule has 28 heavy (non-hydrogen) atoms. The fourth-order valence-electron chi connectivity index (χ4n) is 3.05. The van der Waals surface area contributed by atoms with E-state index in [4.69, 9.17) is 4.74 Å². The molecule has 0 amide bonds. The predicted molar refractivity (Wildman–Crippen MR) is 105 cm³/mol. The van der Waals surface area contributed by atoms with Crippen LogP contribution >= 0.6 is 0 Å². The number of halogens is 1. The predicted octanol–water partition coefficient (Wildman–Crippen LogP) is 3.68. The van der Waals surface area contributed by atoms with Crippen LogP contribution in [0.4, 0.5) is 4.39 Å².